The molecule has 0 spiro atoms. The van der Waals surface area contributed by atoms with E-state index in [1.165, 1.54) is 11.3 Å². The Hall–Kier alpha value is -2.02. The van der Waals surface area contributed by atoms with E-state index in [1.807, 2.05) is 25.2 Å². The van der Waals surface area contributed by atoms with Gasteiger partial charge >= 0.3 is 5.97 Å². The second-order valence-electron chi connectivity index (χ2n) is 4.22. The van der Waals surface area contributed by atoms with Crippen LogP contribution in [-0.4, -0.2) is 39.8 Å². The molecule has 2 heterocycles. The number of hydrogen-bond donors (Lipinski definition) is 1. The number of aromatic nitrogens is 3. The number of pyridine rings is 1. The first-order valence-electron chi connectivity index (χ1n) is 5.76. The molecule has 2 aromatic heterocycles. The van der Waals surface area contributed by atoms with Crippen LogP contribution in [0.3, 0.4) is 0 Å². The number of anilines is 1. The third kappa shape index (κ3) is 3.25. The van der Waals surface area contributed by atoms with E-state index in [2.05, 4.69) is 15.2 Å². The highest BCUT2D eigenvalue weighted by Gasteiger charge is 2.17. The van der Waals surface area contributed by atoms with Gasteiger partial charge in [0.1, 0.15) is 5.69 Å². The Balaban J connectivity index is 2.11. The van der Waals surface area contributed by atoms with Crippen molar-refractivity contribution in [3.05, 3.63) is 24.4 Å². The Kier molecular flexibility index (Phi) is 4.06. The van der Waals surface area contributed by atoms with Gasteiger partial charge in [-0.15, -0.1) is 10.2 Å². The molecule has 2 aromatic rings. The SMILES string of the molecule is C[C@@H](CN(C)c1nnc(-c2ccccn2)s1)C(=O)O. The third-order valence-electron chi connectivity index (χ3n) is 2.59. The van der Waals surface area contributed by atoms with Gasteiger partial charge in [0.2, 0.25) is 5.13 Å². The highest BCUT2D eigenvalue weighted by atomic mass is 32.1. The summed E-state index contributed by atoms with van der Waals surface area (Å²) in [6.07, 6.45) is 1.70. The average molecular weight is 278 g/mol. The summed E-state index contributed by atoms with van der Waals surface area (Å²) in [5.74, 6) is -1.27. The number of carbonyl (C=O) groups is 1. The van der Waals surface area contributed by atoms with Crippen molar-refractivity contribution in [1.29, 1.82) is 0 Å². The van der Waals surface area contributed by atoms with Crippen LogP contribution in [0.5, 0.6) is 0 Å². The van der Waals surface area contributed by atoms with Crippen molar-refractivity contribution in [1.82, 2.24) is 15.2 Å². The monoisotopic (exact) mass is 278 g/mol. The van der Waals surface area contributed by atoms with Gasteiger partial charge in [0.05, 0.1) is 5.92 Å². The van der Waals surface area contributed by atoms with Crippen LogP contribution in [0.25, 0.3) is 10.7 Å². The predicted octanol–water partition coefficient (Wildman–Crippen LogP) is 1.76. The summed E-state index contributed by atoms with van der Waals surface area (Å²) in [6.45, 7) is 2.06. The summed E-state index contributed by atoms with van der Waals surface area (Å²) in [5, 5.41) is 18.5. The van der Waals surface area contributed by atoms with Gasteiger partial charge in [0, 0.05) is 19.8 Å². The summed E-state index contributed by atoms with van der Waals surface area (Å²) >= 11 is 1.40. The van der Waals surface area contributed by atoms with E-state index in [1.54, 1.807) is 18.0 Å². The lowest BCUT2D eigenvalue weighted by Crippen LogP contribution is -2.28. The lowest BCUT2D eigenvalue weighted by atomic mass is 10.2. The normalized spacial score (nSPS) is 12.1. The number of rotatable bonds is 5. The van der Waals surface area contributed by atoms with Crippen LogP contribution >= 0.6 is 11.3 Å². The number of nitrogens with zero attached hydrogens (tertiary/aromatic N) is 4. The largest absolute Gasteiger partial charge is 0.481 e. The highest BCUT2D eigenvalue weighted by molar-refractivity contribution is 7.18. The minimum absolute atomic E-state index is 0.395. The van der Waals surface area contributed by atoms with E-state index in [9.17, 15) is 4.79 Å². The number of aliphatic carboxylic acids is 1. The summed E-state index contributed by atoms with van der Waals surface area (Å²) in [6, 6.07) is 5.59. The molecular weight excluding hydrogens is 264 g/mol. The standard InChI is InChI=1S/C12H14N4O2S/c1-8(11(17)18)7-16(2)12-15-14-10(19-12)9-5-3-4-6-13-9/h3-6,8H,7H2,1-2H3,(H,17,18)/t8-/m0/s1. The van der Waals surface area contributed by atoms with E-state index in [0.29, 0.717) is 11.7 Å². The van der Waals surface area contributed by atoms with Crippen LogP contribution in [0.1, 0.15) is 6.92 Å². The molecule has 7 heteroatoms. The Morgan fingerprint density at radius 2 is 2.26 bits per heavy atom. The molecule has 0 radical (unpaired) electrons. The van der Waals surface area contributed by atoms with Crippen LogP contribution < -0.4 is 4.90 Å². The molecule has 1 N–H and O–H groups in total. The molecule has 0 aromatic carbocycles. The van der Waals surface area contributed by atoms with Crippen LogP contribution in [0.2, 0.25) is 0 Å². The fraction of sp³-hybridized carbons (Fsp3) is 0.333. The summed E-state index contributed by atoms with van der Waals surface area (Å²) < 4.78 is 0. The van der Waals surface area contributed by atoms with Crippen molar-refractivity contribution in [2.24, 2.45) is 5.92 Å². The van der Waals surface area contributed by atoms with Gasteiger partial charge in [-0.2, -0.15) is 0 Å². The van der Waals surface area contributed by atoms with E-state index in [0.717, 1.165) is 10.7 Å². The fourth-order valence-electron chi connectivity index (χ4n) is 1.53. The van der Waals surface area contributed by atoms with E-state index in [-0.39, 0.29) is 0 Å². The van der Waals surface area contributed by atoms with Crippen molar-refractivity contribution >= 4 is 22.4 Å². The molecule has 0 saturated carbocycles. The smallest absolute Gasteiger partial charge is 0.308 e. The molecular formula is C12H14N4O2S. The maximum Gasteiger partial charge on any atom is 0.308 e. The molecule has 0 amide bonds. The maximum atomic E-state index is 10.8. The highest BCUT2D eigenvalue weighted by Crippen LogP contribution is 2.26. The van der Waals surface area contributed by atoms with Gasteiger partial charge in [-0.3, -0.25) is 9.78 Å². The van der Waals surface area contributed by atoms with Crippen molar-refractivity contribution in [2.75, 3.05) is 18.5 Å². The first-order chi connectivity index (χ1) is 9.08. The Morgan fingerprint density at radius 1 is 1.47 bits per heavy atom. The zero-order chi connectivity index (χ0) is 13.8. The summed E-state index contributed by atoms with van der Waals surface area (Å²) in [5.41, 5.74) is 0.769. The minimum atomic E-state index is -0.818. The molecule has 2 rings (SSSR count). The van der Waals surface area contributed by atoms with Gasteiger partial charge < -0.3 is 10.0 Å². The van der Waals surface area contributed by atoms with E-state index >= 15 is 0 Å². The number of hydrogen-bond acceptors (Lipinski definition) is 6. The molecule has 1 atom stereocenters. The van der Waals surface area contributed by atoms with Gasteiger partial charge in [0.25, 0.3) is 0 Å². The van der Waals surface area contributed by atoms with E-state index < -0.39 is 11.9 Å². The average Bonchev–Trinajstić information content (AvgIpc) is 2.89. The molecule has 0 unspecified atom stereocenters. The molecule has 0 saturated heterocycles. The van der Waals surface area contributed by atoms with Crippen LogP contribution in [-0.2, 0) is 4.79 Å². The van der Waals surface area contributed by atoms with Crippen LogP contribution in [0.15, 0.2) is 24.4 Å². The van der Waals surface area contributed by atoms with Crippen molar-refractivity contribution in [3.63, 3.8) is 0 Å². The van der Waals surface area contributed by atoms with Crippen molar-refractivity contribution in [3.8, 4) is 10.7 Å². The molecule has 0 aliphatic rings. The van der Waals surface area contributed by atoms with Crippen LogP contribution in [0, 0.1) is 5.92 Å². The maximum absolute atomic E-state index is 10.8. The zero-order valence-corrected chi connectivity index (χ0v) is 11.5. The number of carboxylic acids is 1. The zero-order valence-electron chi connectivity index (χ0n) is 10.6. The van der Waals surface area contributed by atoms with Crippen LogP contribution in [0.4, 0.5) is 5.13 Å². The summed E-state index contributed by atoms with van der Waals surface area (Å²) in [7, 11) is 1.81. The lowest BCUT2D eigenvalue weighted by Gasteiger charge is -2.17. The molecule has 0 bridgehead atoms. The molecule has 19 heavy (non-hydrogen) atoms. The van der Waals surface area contributed by atoms with E-state index in [4.69, 9.17) is 5.11 Å². The topological polar surface area (TPSA) is 79.2 Å². The molecule has 0 aliphatic carbocycles. The predicted molar refractivity (Wildman–Crippen MR) is 73.2 cm³/mol. The first-order valence-corrected chi connectivity index (χ1v) is 6.58. The van der Waals surface area contributed by atoms with Gasteiger partial charge in [-0.1, -0.05) is 24.3 Å². The first kappa shape index (κ1) is 13.4. The number of carboxylic acid groups (broad SMARTS) is 1. The Morgan fingerprint density at radius 3 is 2.89 bits per heavy atom. The lowest BCUT2D eigenvalue weighted by molar-refractivity contribution is -0.140. The second-order valence-corrected chi connectivity index (χ2v) is 5.18. The van der Waals surface area contributed by atoms with Crippen molar-refractivity contribution in [2.45, 2.75) is 6.92 Å². The Bertz CT molecular complexity index is 558. The molecule has 0 aliphatic heterocycles. The molecule has 6 nitrogen and oxygen atoms in total. The quantitative estimate of drug-likeness (QED) is 0.897. The third-order valence-corrected chi connectivity index (χ3v) is 3.65. The van der Waals surface area contributed by atoms with Gasteiger partial charge in [-0.25, -0.2) is 0 Å². The van der Waals surface area contributed by atoms with Gasteiger partial charge in [-0.05, 0) is 12.1 Å². The Labute approximate surface area is 114 Å². The molecule has 100 valence electrons. The van der Waals surface area contributed by atoms with Gasteiger partial charge in [0.15, 0.2) is 5.01 Å². The minimum Gasteiger partial charge on any atom is -0.481 e. The summed E-state index contributed by atoms with van der Waals surface area (Å²) in [4.78, 5) is 16.8. The van der Waals surface area contributed by atoms with Crippen molar-refractivity contribution < 1.29 is 9.90 Å². The second kappa shape index (κ2) is 5.75. The fourth-order valence-corrected chi connectivity index (χ4v) is 2.32. The molecule has 0 fully saturated rings.